The predicted molar refractivity (Wildman–Crippen MR) is 86.0 cm³/mol. The van der Waals surface area contributed by atoms with Gasteiger partial charge in [0.05, 0.1) is 11.9 Å². The van der Waals surface area contributed by atoms with Crippen LogP contribution in [-0.4, -0.2) is 24.1 Å². The van der Waals surface area contributed by atoms with Crippen molar-refractivity contribution < 1.29 is 0 Å². The van der Waals surface area contributed by atoms with Crippen LogP contribution < -0.4 is 10.2 Å². The summed E-state index contributed by atoms with van der Waals surface area (Å²) in [6, 6.07) is 3.32. The van der Waals surface area contributed by atoms with E-state index in [0.717, 1.165) is 12.5 Å². The monoisotopic (exact) mass is 275 g/mol. The maximum atomic E-state index is 4.34. The molecule has 3 heteroatoms. The van der Waals surface area contributed by atoms with E-state index in [1.807, 2.05) is 12.4 Å². The van der Waals surface area contributed by atoms with Gasteiger partial charge in [0.2, 0.25) is 0 Å². The van der Waals surface area contributed by atoms with Crippen molar-refractivity contribution >= 4 is 5.69 Å². The number of anilines is 1. The number of hydrogen-bond donors (Lipinski definition) is 1. The van der Waals surface area contributed by atoms with Gasteiger partial charge in [-0.05, 0) is 30.4 Å². The molecular formula is C17H29N3. The van der Waals surface area contributed by atoms with Crippen LogP contribution in [0.3, 0.4) is 0 Å². The van der Waals surface area contributed by atoms with Crippen LogP contribution in [0.4, 0.5) is 5.69 Å². The van der Waals surface area contributed by atoms with Crippen molar-refractivity contribution in [2.24, 2.45) is 5.92 Å². The highest BCUT2D eigenvalue weighted by Crippen LogP contribution is 2.30. The van der Waals surface area contributed by atoms with Crippen molar-refractivity contribution in [3.05, 3.63) is 24.0 Å². The lowest BCUT2D eigenvalue weighted by Crippen LogP contribution is -2.36. The molecule has 2 unspecified atom stereocenters. The molecule has 0 spiro atoms. The van der Waals surface area contributed by atoms with E-state index in [9.17, 15) is 0 Å². The Morgan fingerprint density at radius 1 is 1.40 bits per heavy atom. The number of pyridine rings is 1. The molecule has 0 radical (unpaired) electrons. The molecule has 0 bridgehead atoms. The van der Waals surface area contributed by atoms with E-state index in [-0.39, 0.29) is 0 Å². The zero-order chi connectivity index (χ0) is 14.5. The second-order valence-electron chi connectivity index (χ2n) is 6.58. The maximum Gasteiger partial charge on any atom is 0.0598 e. The summed E-state index contributed by atoms with van der Waals surface area (Å²) in [5.74, 6) is 0.852. The van der Waals surface area contributed by atoms with Crippen LogP contribution in [0.2, 0.25) is 0 Å². The Kier molecular flexibility index (Phi) is 5.41. The fraction of sp³-hybridized carbons (Fsp3) is 0.706. The number of aromatic nitrogens is 1. The van der Waals surface area contributed by atoms with Gasteiger partial charge in [-0.3, -0.25) is 4.98 Å². The molecule has 1 aromatic rings. The highest BCUT2D eigenvalue weighted by molar-refractivity contribution is 5.52. The molecule has 3 nitrogen and oxygen atoms in total. The summed E-state index contributed by atoms with van der Waals surface area (Å²) >= 11 is 0. The molecule has 1 saturated carbocycles. The molecule has 0 aliphatic heterocycles. The van der Waals surface area contributed by atoms with E-state index in [1.165, 1.54) is 36.9 Å². The van der Waals surface area contributed by atoms with Gasteiger partial charge in [0.15, 0.2) is 0 Å². The summed E-state index contributed by atoms with van der Waals surface area (Å²) in [6.45, 7) is 7.67. The van der Waals surface area contributed by atoms with Gasteiger partial charge >= 0.3 is 0 Å². The van der Waals surface area contributed by atoms with E-state index in [4.69, 9.17) is 0 Å². The first-order valence-electron chi connectivity index (χ1n) is 7.97. The van der Waals surface area contributed by atoms with Gasteiger partial charge in [-0.15, -0.1) is 0 Å². The van der Waals surface area contributed by atoms with E-state index in [2.05, 4.69) is 49.1 Å². The molecule has 112 valence electrons. The van der Waals surface area contributed by atoms with Crippen LogP contribution in [0.1, 0.15) is 52.0 Å². The Morgan fingerprint density at radius 2 is 2.20 bits per heavy atom. The average Bonchev–Trinajstić information content (AvgIpc) is 2.44. The zero-order valence-corrected chi connectivity index (χ0v) is 13.4. The Balaban J connectivity index is 2.10. The molecule has 20 heavy (non-hydrogen) atoms. The van der Waals surface area contributed by atoms with Gasteiger partial charge in [0, 0.05) is 31.9 Å². The summed E-state index contributed by atoms with van der Waals surface area (Å²) in [7, 11) is 2.23. The third-order valence-electron chi connectivity index (χ3n) is 4.42. The average molecular weight is 275 g/mol. The second kappa shape index (κ2) is 7.07. The molecule has 1 heterocycles. The van der Waals surface area contributed by atoms with Crippen LogP contribution in [0.25, 0.3) is 0 Å². The highest BCUT2D eigenvalue weighted by atomic mass is 15.1. The third-order valence-corrected chi connectivity index (χ3v) is 4.42. The topological polar surface area (TPSA) is 28.2 Å². The lowest BCUT2D eigenvalue weighted by atomic mass is 9.86. The summed E-state index contributed by atoms with van der Waals surface area (Å²) in [6.07, 6.45) is 9.29. The minimum absolute atomic E-state index is 0.510. The molecule has 0 amide bonds. The fourth-order valence-electron chi connectivity index (χ4n) is 3.15. The number of nitrogens with one attached hydrogen (secondary N) is 1. The first kappa shape index (κ1) is 15.3. The third kappa shape index (κ3) is 3.95. The number of hydrogen-bond acceptors (Lipinski definition) is 3. The van der Waals surface area contributed by atoms with Crippen molar-refractivity contribution in [2.75, 3.05) is 11.9 Å². The second-order valence-corrected chi connectivity index (χ2v) is 6.58. The van der Waals surface area contributed by atoms with Gasteiger partial charge in [-0.1, -0.05) is 33.6 Å². The molecular weight excluding hydrogens is 246 g/mol. The lowest BCUT2D eigenvalue weighted by molar-refractivity contribution is 0.336. The van der Waals surface area contributed by atoms with Crippen LogP contribution in [0.5, 0.6) is 0 Å². The molecule has 1 aromatic heterocycles. The molecule has 1 aliphatic carbocycles. The van der Waals surface area contributed by atoms with E-state index in [1.54, 1.807) is 0 Å². The Bertz CT molecular complexity index is 416. The Morgan fingerprint density at radius 3 is 2.90 bits per heavy atom. The van der Waals surface area contributed by atoms with Gasteiger partial charge in [0.1, 0.15) is 0 Å². The van der Waals surface area contributed by atoms with Gasteiger partial charge < -0.3 is 10.2 Å². The minimum atomic E-state index is 0.510. The number of rotatable bonds is 5. The number of nitrogens with zero attached hydrogens (tertiary/aromatic N) is 2. The van der Waals surface area contributed by atoms with Crippen LogP contribution in [0, 0.1) is 5.92 Å². The van der Waals surface area contributed by atoms with Gasteiger partial charge in [0.25, 0.3) is 0 Å². The standard InChI is InChI=1S/C17H29N3/c1-13(2)19-11-15-8-9-18-12-17(15)20(4)16-7-5-6-14(3)10-16/h8-9,12-14,16,19H,5-7,10-11H2,1-4H3. The summed E-state index contributed by atoms with van der Waals surface area (Å²) in [4.78, 5) is 6.80. The van der Waals surface area contributed by atoms with Gasteiger partial charge in [-0.2, -0.15) is 0 Å². The normalized spacial score (nSPS) is 23.1. The van der Waals surface area contributed by atoms with Crippen molar-refractivity contribution in [2.45, 2.75) is 65.1 Å². The maximum absolute atomic E-state index is 4.34. The fourth-order valence-corrected chi connectivity index (χ4v) is 3.15. The van der Waals surface area contributed by atoms with Crippen LogP contribution >= 0.6 is 0 Å². The molecule has 2 atom stereocenters. The summed E-state index contributed by atoms with van der Waals surface area (Å²) in [5.41, 5.74) is 2.65. The lowest BCUT2D eigenvalue weighted by Gasteiger charge is -2.36. The smallest absolute Gasteiger partial charge is 0.0598 e. The first-order valence-corrected chi connectivity index (χ1v) is 7.97. The van der Waals surface area contributed by atoms with Gasteiger partial charge in [-0.25, -0.2) is 0 Å². The molecule has 0 saturated heterocycles. The van der Waals surface area contributed by atoms with Crippen LogP contribution in [0.15, 0.2) is 18.5 Å². The highest BCUT2D eigenvalue weighted by Gasteiger charge is 2.23. The van der Waals surface area contributed by atoms with Crippen molar-refractivity contribution in [3.63, 3.8) is 0 Å². The molecule has 1 N–H and O–H groups in total. The van der Waals surface area contributed by atoms with Crippen molar-refractivity contribution in [1.82, 2.24) is 10.3 Å². The Labute approximate surface area is 123 Å². The summed E-state index contributed by atoms with van der Waals surface area (Å²) in [5, 5.41) is 3.51. The predicted octanol–water partition coefficient (Wildman–Crippen LogP) is 3.59. The minimum Gasteiger partial charge on any atom is -0.370 e. The quantitative estimate of drug-likeness (QED) is 0.890. The van der Waals surface area contributed by atoms with Crippen molar-refractivity contribution in [1.29, 1.82) is 0 Å². The first-order chi connectivity index (χ1) is 9.58. The van der Waals surface area contributed by atoms with E-state index in [0.29, 0.717) is 12.1 Å². The molecule has 2 rings (SSSR count). The molecule has 0 aromatic carbocycles. The molecule has 1 aliphatic rings. The van der Waals surface area contributed by atoms with E-state index >= 15 is 0 Å². The van der Waals surface area contributed by atoms with E-state index < -0.39 is 0 Å². The van der Waals surface area contributed by atoms with Crippen molar-refractivity contribution in [3.8, 4) is 0 Å². The van der Waals surface area contributed by atoms with Crippen LogP contribution in [-0.2, 0) is 6.54 Å². The Hall–Kier alpha value is -1.09. The SMILES string of the molecule is CC1CCCC(N(C)c2cnccc2CNC(C)C)C1. The zero-order valence-electron chi connectivity index (χ0n) is 13.4. The largest absolute Gasteiger partial charge is 0.370 e. The summed E-state index contributed by atoms with van der Waals surface area (Å²) < 4.78 is 0. The molecule has 1 fully saturated rings.